The van der Waals surface area contributed by atoms with Crippen molar-refractivity contribution in [1.29, 1.82) is 0 Å². The fraction of sp³-hybridized carbons (Fsp3) is 0.0769. The molecular weight excluding hydrogens is 392 g/mol. The average Bonchev–Trinajstić information content (AvgIpc) is 2.79. The van der Waals surface area contributed by atoms with Crippen LogP contribution < -0.4 is 9.47 Å². The molecule has 5 nitrogen and oxygen atoms in total. The van der Waals surface area contributed by atoms with E-state index in [0.717, 1.165) is 11.1 Å². The number of hydrogen-bond donors (Lipinski definition) is 3. The Balaban J connectivity index is 1.91. The van der Waals surface area contributed by atoms with E-state index in [1.54, 1.807) is 12.1 Å². The van der Waals surface area contributed by atoms with E-state index in [9.17, 15) is 15.3 Å². The van der Waals surface area contributed by atoms with Crippen molar-refractivity contribution < 1.29 is 24.8 Å². The number of aromatic hydroxyl groups is 3. The monoisotopic (exact) mass is 410 g/mol. The summed E-state index contributed by atoms with van der Waals surface area (Å²) < 4.78 is 12.3. The van der Waals surface area contributed by atoms with E-state index in [1.165, 1.54) is 6.07 Å². The number of hydrogen-bond acceptors (Lipinski definition) is 5. The van der Waals surface area contributed by atoms with Crippen molar-refractivity contribution in [1.82, 2.24) is 0 Å². The molecule has 0 saturated carbocycles. The number of benzene rings is 4. The van der Waals surface area contributed by atoms with Gasteiger partial charge in [-0.15, -0.1) is 0 Å². The number of aryl methyl sites for hydroxylation is 1. The topological polar surface area (TPSA) is 79.2 Å². The molecule has 0 bridgehead atoms. The van der Waals surface area contributed by atoms with Crippen LogP contribution in [0, 0.1) is 6.92 Å². The van der Waals surface area contributed by atoms with E-state index in [2.05, 4.69) is 0 Å². The molecule has 2 aliphatic rings. The predicted molar refractivity (Wildman–Crippen MR) is 115 cm³/mol. The molecule has 4 aromatic rings. The summed E-state index contributed by atoms with van der Waals surface area (Å²) in [7, 11) is 0. The Morgan fingerprint density at radius 2 is 1.10 bits per heavy atom. The molecular formula is C26H18O5. The first-order chi connectivity index (χ1) is 15.0. The number of rotatable bonds is 0. The normalized spacial score (nSPS) is 17.6. The van der Waals surface area contributed by atoms with Gasteiger partial charge in [-0.1, -0.05) is 42.5 Å². The molecule has 0 aromatic heterocycles. The first-order valence-corrected chi connectivity index (χ1v) is 9.96. The number of phenols is 3. The molecule has 1 unspecified atom stereocenters. The molecule has 31 heavy (non-hydrogen) atoms. The quantitative estimate of drug-likeness (QED) is 0.280. The van der Waals surface area contributed by atoms with Gasteiger partial charge in [0.15, 0.2) is 11.5 Å². The first kappa shape index (κ1) is 17.7. The lowest BCUT2D eigenvalue weighted by Crippen LogP contribution is -2.37. The van der Waals surface area contributed by atoms with E-state index < -0.39 is 5.41 Å². The van der Waals surface area contributed by atoms with Gasteiger partial charge in [0.2, 0.25) is 0 Å². The molecule has 1 atom stereocenters. The van der Waals surface area contributed by atoms with Crippen molar-refractivity contribution in [3.05, 3.63) is 101 Å². The third kappa shape index (κ3) is 2.10. The molecule has 3 N–H and O–H groups in total. The second-order valence-electron chi connectivity index (χ2n) is 7.86. The summed E-state index contributed by atoms with van der Waals surface area (Å²) in [4.78, 5) is 0. The summed E-state index contributed by atoms with van der Waals surface area (Å²) in [6.45, 7) is 1.82. The molecule has 2 aliphatic heterocycles. The zero-order valence-electron chi connectivity index (χ0n) is 16.6. The minimum Gasteiger partial charge on any atom is -0.507 e. The second kappa shape index (κ2) is 5.95. The van der Waals surface area contributed by atoms with Crippen LogP contribution in [-0.2, 0) is 5.41 Å². The highest BCUT2D eigenvalue weighted by molar-refractivity contribution is 5.80. The van der Waals surface area contributed by atoms with Gasteiger partial charge in [0.1, 0.15) is 28.7 Å². The van der Waals surface area contributed by atoms with E-state index in [0.29, 0.717) is 39.7 Å². The number of para-hydroxylation sites is 2. The number of ether oxygens (including phenoxy) is 2. The Labute approximate surface area is 178 Å². The molecule has 6 rings (SSSR count). The lowest BCUT2D eigenvalue weighted by atomic mass is 9.61. The maximum atomic E-state index is 11.3. The molecule has 0 aliphatic carbocycles. The zero-order valence-corrected chi connectivity index (χ0v) is 16.6. The smallest absolute Gasteiger partial charge is 0.166 e. The van der Waals surface area contributed by atoms with Crippen LogP contribution in [0.1, 0.15) is 27.8 Å². The number of fused-ring (bicyclic) bond motifs is 8. The predicted octanol–water partition coefficient (Wildman–Crippen LogP) is 5.71. The van der Waals surface area contributed by atoms with Crippen molar-refractivity contribution in [2.45, 2.75) is 12.3 Å². The van der Waals surface area contributed by atoms with Crippen LogP contribution in [0.4, 0.5) is 0 Å². The Kier molecular flexibility index (Phi) is 3.40. The summed E-state index contributed by atoms with van der Waals surface area (Å²) in [6.07, 6.45) is 0. The van der Waals surface area contributed by atoms with E-state index in [1.807, 2.05) is 61.5 Å². The molecule has 152 valence electrons. The highest BCUT2D eigenvalue weighted by Gasteiger charge is 2.54. The van der Waals surface area contributed by atoms with Gasteiger partial charge in [-0.05, 0) is 42.8 Å². The third-order valence-corrected chi connectivity index (χ3v) is 6.23. The van der Waals surface area contributed by atoms with Gasteiger partial charge in [-0.25, -0.2) is 0 Å². The van der Waals surface area contributed by atoms with Gasteiger partial charge in [-0.3, -0.25) is 0 Å². The van der Waals surface area contributed by atoms with E-state index in [-0.39, 0.29) is 17.2 Å². The van der Waals surface area contributed by atoms with Gasteiger partial charge in [0.25, 0.3) is 0 Å². The molecule has 4 aromatic carbocycles. The van der Waals surface area contributed by atoms with Crippen LogP contribution in [-0.4, -0.2) is 15.3 Å². The van der Waals surface area contributed by atoms with Crippen molar-refractivity contribution in [2.24, 2.45) is 0 Å². The lowest BCUT2D eigenvalue weighted by Gasteiger charge is -2.45. The van der Waals surface area contributed by atoms with Crippen LogP contribution in [0.15, 0.2) is 72.8 Å². The van der Waals surface area contributed by atoms with E-state index in [4.69, 9.17) is 9.47 Å². The largest absolute Gasteiger partial charge is 0.507 e. The molecule has 0 saturated heterocycles. The fourth-order valence-electron chi connectivity index (χ4n) is 4.91. The molecule has 2 heterocycles. The third-order valence-electron chi connectivity index (χ3n) is 6.23. The minimum atomic E-state index is -1.16. The summed E-state index contributed by atoms with van der Waals surface area (Å²) >= 11 is 0. The van der Waals surface area contributed by atoms with Crippen molar-refractivity contribution >= 4 is 0 Å². The molecule has 0 radical (unpaired) electrons. The summed E-state index contributed by atoms with van der Waals surface area (Å²) in [5, 5.41) is 32.9. The highest BCUT2D eigenvalue weighted by Crippen LogP contribution is 2.65. The molecule has 1 spiro atoms. The second-order valence-corrected chi connectivity index (χ2v) is 7.86. The van der Waals surface area contributed by atoms with Crippen LogP contribution >= 0.6 is 0 Å². The number of phenolic OH excluding ortho intramolecular Hbond substituents is 3. The Morgan fingerprint density at radius 3 is 1.71 bits per heavy atom. The molecule has 5 heteroatoms. The van der Waals surface area contributed by atoms with Gasteiger partial charge in [0.05, 0.1) is 16.5 Å². The maximum Gasteiger partial charge on any atom is 0.166 e. The average molecular weight is 410 g/mol. The molecule has 0 amide bonds. The van der Waals surface area contributed by atoms with Crippen LogP contribution in [0.3, 0.4) is 0 Å². The fourth-order valence-corrected chi connectivity index (χ4v) is 4.91. The van der Waals surface area contributed by atoms with Gasteiger partial charge in [0, 0.05) is 11.1 Å². The Morgan fingerprint density at radius 1 is 0.581 bits per heavy atom. The molecule has 0 fully saturated rings. The maximum absolute atomic E-state index is 11.3. The van der Waals surface area contributed by atoms with Crippen LogP contribution in [0.25, 0.3) is 0 Å². The van der Waals surface area contributed by atoms with Gasteiger partial charge < -0.3 is 24.8 Å². The lowest BCUT2D eigenvalue weighted by molar-refractivity contribution is 0.355. The Hall–Kier alpha value is -4.12. The minimum absolute atomic E-state index is 0.0670. The highest BCUT2D eigenvalue weighted by atomic mass is 16.5. The standard InChI is InChI=1S/C26H18O5/c1-14-10-12-20-22(24(14)28)26(15-6-2-4-8-18(15)30-20)16-7-3-5-9-19(16)31-21-13-11-17(27)25(29)23(21)26/h2-13,27-29H,1H3. The van der Waals surface area contributed by atoms with Crippen molar-refractivity contribution in [2.75, 3.05) is 0 Å². The van der Waals surface area contributed by atoms with Crippen molar-refractivity contribution in [3.63, 3.8) is 0 Å². The summed E-state index contributed by atoms with van der Waals surface area (Å²) in [5.74, 6) is 1.59. The Bertz CT molecular complexity index is 1280. The van der Waals surface area contributed by atoms with Gasteiger partial charge >= 0.3 is 0 Å². The van der Waals surface area contributed by atoms with Crippen LogP contribution in [0.2, 0.25) is 0 Å². The summed E-state index contributed by atoms with van der Waals surface area (Å²) in [6, 6.07) is 21.7. The van der Waals surface area contributed by atoms with Gasteiger partial charge in [-0.2, -0.15) is 0 Å². The summed E-state index contributed by atoms with van der Waals surface area (Å²) in [5.41, 5.74) is 1.86. The van der Waals surface area contributed by atoms with Crippen LogP contribution in [0.5, 0.6) is 40.2 Å². The zero-order chi connectivity index (χ0) is 21.3. The first-order valence-electron chi connectivity index (χ1n) is 9.96. The van der Waals surface area contributed by atoms with E-state index >= 15 is 0 Å². The van der Waals surface area contributed by atoms with Crippen molar-refractivity contribution in [3.8, 4) is 40.2 Å². The SMILES string of the molecule is Cc1ccc2c(c1O)C1(c3ccccc3O2)c2ccccc2Oc2ccc(O)c(O)c21.